The Morgan fingerprint density at radius 1 is 0.967 bits per heavy atom. The Balaban J connectivity index is 1.20. The fraction of sp³-hybridized carbons (Fsp3) is 0.348. The van der Waals surface area contributed by atoms with E-state index in [1.54, 1.807) is 0 Å². The van der Waals surface area contributed by atoms with E-state index in [2.05, 4.69) is 34.9 Å². The van der Waals surface area contributed by atoms with Crippen molar-refractivity contribution >= 4 is 18.0 Å². The van der Waals surface area contributed by atoms with Crippen LogP contribution in [-0.2, 0) is 14.3 Å². The molecule has 0 spiro atoms. The Morgan fingerprint density at radius 3 is 2.20 bits per heavy atom. The first-order valence-electron chi connectivity index (χ1n) is 10.1. The summed E-state index contributed by atoms with van der Waals surface area (Å²) in [5, 5.41) is 14.2. The zero-order valence-electron chi connectivity index (χ0n) is 16.5. The number of hydrogen-bond donors (Lipinski definition) is 3. The van der Waals surface area contributed by atoms with Gasteiger partial charge in [0.15, 0.2) is 0 Å². The number of alkyl carbamates (subject to hydrolysis) is 1. The van der Waals surface area contributed by atoms with E-state index in [-0.39, 0.29) is 43.2 Å². The van der Waals surface area contributed by atoms with Crippen LogP contribution in [0.3, 0.4) is 0 Å². The highest BCUT2D eigenvalue weighted by Gasteiger charge is 2.42. The largest absolute Gasteiger partial charge is 0.481 e. The molecule has 2 aliphatic rings. The Bertz CT molecular complexity index is 928. The molecule has 1 fully saturated rings. The predicted molar refractivity (Wildman–Crippen MR) is 110 cm³/mol. The molecule has 4 rings (SSSR count). The number of carbonyl (C=O) groups excluding carboxylic acids is 2. The average Bonchev–Trinajstić information content (AvgIpc) is 3.47. The van der Waals surface area contributed by atoms with Gasteiger partial charge in [-0.2, -0.15) is 0 Å². The van der Waals surface area contributed by atoms with Crippen molar-refractivity contribution in [3.8, 4) is 11.1 Å². The molecule has 30 heavy (non-hydrogen) atoms. The highest BCUT2D eigenvalue weighted by molar-refractivity contribution is 5.79. The number of benzene rings is 2. The molecule has 156 valence electrons. The maximum absolute atomic E-state index is 12.1. The van der Waals surface area contributed by atoms with Crippen molar-refractivity contribution in [1.29, 1.82) is 0 Å². The molecule has 0 heterocycles. The predicted octanol–water partition coefficient (Wildman–Crippen LogP) is 2.75. The van der Waals surface area contributed by atoms with Crippen molar-refractivity contribution in [3.63, 3.8) is 0 Å². The zero-order valence-corrected chi connectivity index (χ0v) is 16.5. The third kappa shape index (κ3) is 4.30. The number of amides is 2. The van der Waals surface area contributed by atoms with Crippen molar-refractivity contribution < 1.29 is 24.2 Å². The molecule has 0 saturated heterocycles. The van der Waals surface area contributed by atoms with Gasteiger partial charge in [0.05, 0.1) is 5.92 Å². The molecule has 0 unspecified atom stereocenters. The minimum atomic E-state index is -0.814. The number of carboxylic acid groups (broad SMARTS) is 1. The number of nitrogens with one attached hydrogen (secondary N) is 2. The Hall–Kier alpha value is -3.35. The summed E-state index contributed by atoms with van der Waals surface area (Å²) in [7, 11) is 0. The van der Waals surface area contributed by atoms with E-state index in [1.165, 1.54) is 11.1 Å². The molecule has 1 saturated carbocycles. The van der Waals surface area contributed by atoms with Crippen molar-refractivity contribution in [3.05, 3.63) is 59.7 Å². The average molecular weight is 408 g/mol. The summed E-state index contributed by atoms with van der Waals surface area (Å²) in [6.45, 7) is 0.751. The second-order valence-electron chi connectivity index (χ2n) is 7.75. The van der Waals surface area contributed by atoms with Gasteiger partial charge in [0.2, 0.25) is 5.91 Å². The van der Waals surface area contributed by atoms with E-state index in [1.807, 2.05) is 24.3 Å². The molecule has 0 bridgehead atoms. The SMILES string of the molecule is O=C(CCNC(=O)OCC1c2ccccc2-c2ccccc21)NC[C@@H]1C[C@@H]1C(=O)O. The lowest BCUT2D eigenvalue weighted by Crippen LogP contribution is -2.32. The maximum atomic E-state index is 12.1. The van der Waals surface area contributed by atoms with Gasteiger partial charge in [-0.1, -0.05) is 48.5 Å². The van der Waals surface area contributed by atoms with Crippen LogP contribution in [0.1, 0.15) is 29.9 Å². The van der Waals surface area contributed by atoms with Crippen molar-refractivity contribution in [2.24, 2.45) is 11.8 Å². The van der Waals surface area contributed by atoms with Crippen LogP contribution in [0, 0.1) is 11.8 Å². The van der Waals surface area contributed by atoms with Crippen LogP contribution in [0.2, 0.25) is 0 Å². The van der Waals surface area contributed by atoms with Crippen LogP contribution in [0.15, 0.2) is 48.5 Å². The van der Waals surface area contributed by atoms with Gasteiger partial charge >= 0.3 is 12.1 Å². The van der Waals surface area contributed by atoms with Crippen LogP contribution in [0.25, 0.3) is 11.1 Å². The van der Waals surface area contributed by atoms with Crippen LogP contribution in [-0.4, -0.2) is 42.8 Å². The monoisotopic (exact) mass is 408 g/mol. The van der Waals surface area contributed by atoms with E-state index in [4.69, 9.17) is 9.84 Å². The van der Waals surface area contributed by atoms with Gasteiger partial charge < -0.3 is 20.5 Å². The summed E-state index contributed by atoms with van der Waals surface area (Å²) in [5.41, 5.74) is 4.62. The first-order chi connectivity index (χ1) is 14.5. The molecule has 2 aromatic rings. The lowest BCUT2D eigenvalue weighted by Gasteiger charge is -2.14. The highest BCUT2D eigenvalue weighted by Crippen LogP contribution is 2.44. The van der Waals surface area contributed by atoms with E-state index < -0.39 is 12.1 Å². The number of ether oxygens (including phenoxy) is 1. The third-order valence-electron chi connectivity index (χ3n) is 5.77. The minimum Gasteiger partial charge on any atom is -0.481 e. The fourth-order valence-corrected chi connectivity index (χ4v) is 4.04. The number of carboxylic acids is 1. The number of aliphatic carboxylic acids is 1. The molecular weight excluding hydrogens is 384 g/mol. The molecular formula is C23H24N2O5. The first kappa shape index (κ1) is 19.9. The Kier molecular flexibility index (Phi) is 5.70. The number of fused-ring (bicyclic) bond motifs is 3. The Morgan fingerprint density at radius 2 is 1.60 bits per heavy atom. The summed E-state index contributed by atoms with van der Waals surface area (Å²) < 4.78 is 5.42. The molecule has 2 aromatic carbocycles. The molecule has 0 aromatic heterocycles. The molecule has 7 heteroatoms. The van der Waals surface area contributed by atoms with Crippen molar-refractivity contribution in [2.45, 2.75) is 18.8 Å². The molecule has 2 atom stereocenters. The van der Waals surface area contributed by atoms with Crippen molar-refractivity contribution in [2.75, 3.05) is 19.7 Å². The summed E-state index contributed by atoms with van der Waals surface area (Å²) in [6, 6.07) is 16.2. The van der Waals surface area contributed by atoms with Crippen LogP contribution >= 0.6 is 0 Å². The number of rotatable bonds is 8. The maximum Gasteiger partial charge on any atom is 0.407 e. The van der Waals surface area contributed by atoms with Gasteiger partial charge in [0.1, 0.15) is 6.61 Å². The molecule has 7 nitrogen and oxygen atoms in total. The topological polar surface area (TPSA) is 105 Å². The summed E-state index contributed by atoms with van der Waals surface area (Å²) in [5.74, 6) is -1.37. The second-order valence-corrected chi connectivity index (χ2v) is 7.75. The first-order valence-corrected chi connectivity index (χ1v) is 10.1. The standard InChI is InChI=1S/C23H24N2O5/c26-21(25-12-14-11-19(14)22(27)28)9-10-24-23(29)30-13-20-17-7-3-1-5-15(17)16-6-2-4-8-18(16)20/h1-8,14,19-20H,9-13H2,(H,24,29)(H,25,26)(H,27,28)/t14-,19-/m0/s1. The van der Waals surface area contributed by atoms with Crippen LogP contribution in [0.5, 0.6) is 0 Å². The minimum absolute atomic E-state index is 0.00725. The summed E-state index contributed by atoms with van der Waals surface area (Å²) in [6.07, 6.45) is 0.167. The fourth-order valence-electron chi connectivity index (χ4n) is 4.04. The van der Waals surface area contributed by atoms with Gasteiger partial charge in [-0.15, -0.1) is 0 Å². The van der Waals surface area contributed by atoms with Gasteiger partial charge in [0.25, 0.3) is 0 Å². The van der Waals surface area contributed by atoms with E-state index in [0.717, 1.165) is 11.1 Å². The molecule has 0 radical (unpaired) electrons. The van der Waals surface area contributed by atoms with Gasteiger partial charge in [0, 0.05) is 25.4 Å². The second kappa shape index (κ2) is 8.57. The van der Waals surface area contributed by atoms with Crippen molar-refractivity contribution in [1.82, 2.24) is 10.6 Å². The highest BCUT2D eigenvalue weighted by atomic mass is 16.5. The quantitative estimate of drug-likeness (QED) is 0.623. The molecule has 3 N–H and O–H groups in total. The summed E-state index contributed by atoms with van der Waals surface area (Å²) in [4.78, 5) is 34.7. The zero-order chi connectivity index (χ0) is 21.1. The van der Waals surface area contributed by atoms with E-state index >= 15 is 0 Å². The van der Waals surface area contributed by atoms with Gasteiger partial charge in [-0.05, 0) is 34.6 Å². The Labute approximate surface area is 174 Å². The van der Waals surface area contributed by atoms with E-state index in [0.29, 0.717) is 13.0 Å². The van der Waals surface area contributed by atoms with E-state index in [9.17, 15) is 14.4 Å². The number of hydrogen-bond acceptors (Lipinski definition) is 4. The molecule has 0 aliphatic heterocycles. The lowest BCUT2D eigenvalue weighted by molar-refractivity contribution is -0.139. The third-order valence-corrected chi connectivity index (χ3v) is 5.77. The normalized spacial score (nSPS) is 18.8. The van der Waals surface area contributed by atoms with Crippen LogP contribution in [0.4, 0.5) is 4.79 Å². The lowest BCUT2D eigenvalue weighted by atomic mass is 9.98. The molecule has 2 aliphatic carbocycles. The smallest absolute Gasteiger partial charge is 0.407 e. The van der Waals surface area contributed by atoms with Crippen LogP contribution < -0.4 is 10.6 Å². The van der Waals surface area contributed by atoms with Gasteiger partial charge in [-0.3, -0.25) is 9.59 Å². The van der Waals surface area contributed by atoms with Gasteiger partial charge in [-0.25, -0.2) is 4.79 Å². The summed E-state index contributed by atoms with van der Waals surface area (Å²) >= 11 is 0. The number of carbonyl (C=O) groups is 3. The molecule has 2 amide bonds.